The third kappa shape index (κ3) is 7.14. The fourth-order valence-corrected chi connectivity index (χ4v) is 1.70. The van der Waals surface area contributed by atoms with E-state index < -0.39 is 5.60 Å². The maximum absolute atomic E-state index is 11.7. The first-order valence-electron chi connectivity index (χ1n) is 7.07. The topological polar surface area (TPSA) is 41.6 Å². The molecule has 0 atom stereocenters. The highest BCUT2D eigenvalue weighted by Crippen LogP contribution is 2.09. The lowest BCUT2D eigenvalue weighted by Crippen LogP contribution is -2.35. The lowest BCUT2D eigenvalue weighted by molar-refractivity contribution is 0.0297. The third-order valence-electron chi connectivity index (χ3n) is 2.72. The minimum atomic E-state index is -0.434. The van der Waals surface area contributed by atoms with Crippen LogP contribution in [0.3, 0.4) is 0 Å². The molecule has 1 amide bonds. The van der Waals surface area contributed by atoms with Gasteiger partial charge < -0.3 is 15.0 Å². The van der Waals surface area contributed by atoms with E-state index in [0.29, 0.717) is 6.54 Å². The van der Waals surface area contributed by atoms with Crippen LogP contribution in [0.25, 0.3) is 0 Å². The second-order valence-corrected chi connectivity index (χ2v) is 5.92. The lowest BCUT2D eigenvalue weighted by atomic mass is 10.2. The predicted octanol–water partition coefficient (Wildman–Crippen LogP) is 3.03. The number of rotatable bonds is 6. The van der Waals surface area contributed by atoms with Crippen LogP contribution < -0.4 is 5.32 Å². The van der Waals surface area contributed by atoms with Crippen molar-refractivity contribution in [3.63, 3.8) is 0 Å². The predicted molar refractivity (Wildman–Crippen MR) is 81.6 cm³/mol. The molecule has 4 nitrogen and oxygen atoms in total. The zero-order chi connectivity index (χ0) is 15.0. The van der Waals surface area contributed by atoms with E-state index >= 15 is 0 Å². The number of hydrogen-bond donors (Lipinski definition) is 1. The van der Waals surface area contributed by atoms with Crippen LogP contribution in [-0.4, -0.2) is 36.7 Å². The minimum absolute atomic E-state index is 0.263. The normalized spacial score (nSPS) is 11.2. The van der Waals surface area contributed by atoms with Gasteiger partial charge in [-0.15, -0.1) is 0 Å². The van der Waals surface area contributed by atoms with Gasteiger partial charge in [0.05, 0.1) is 0 Å². The second kappa shape index (κ2) is 7.90. The molecule has 1 N–H and O–H groups in total. The number of carbonyl (C=O) groups is 1. The van der Waals surface area contributed by atoms with Crippen molar-refractivity contribution in [2.45, 2.75) is 39.3 Å². The van der Waals surface area contributed by atoms with Gasteiger partial charge in [0.1, 0.15) is 5.60 Å². The maximum atomic E-state index is 11.7. The molecule has 0 spiro atoms. The fraction of sp³-hybridized carbons (Fsp3) is 0.562. The lowest BCUT2D eigenvalue weighted by Gasteiger charge is -2.24. The number of benzene rings is 1. The summed E-state index contributed by atoms with van der Waals surface area (Å²) in [6.07, 6.45) is 0.642. The Balaban J connectivity index is 2.13. The average molecular weight is 278 g/mol. The standard InChI is InChI=1S/C16H26N2O2/c1-16(2,3)20-15(19)18(4)12-8-11-17-13-14-9-6-5-7-10-14/h5-7,9-10,17H,8,11-13H2,1-4H3. The van der Waals surface area contributed by atoms with Crippen molar-refractivity contribution in [3.8, 4) is 0 Å². The van der Waals surface area contributed by atoms with Crippen molar-refractivity contribution in [2.75, 3.05) is 20.1 Å². The number of hydrogen-bond acceptors (Lipinski definition) is 3. The summed E-state index contributed by atoms with van der Waals surface area (Å²) < 4.78 is 5.29. The van der Waals surface area contributed by atoms with E-state index in [0.717, 1.165) is 19.5 Å². The number of nitrogens with zero attached hydrogens (tertiary/aromatic N) is 1. The molecule has 1 aromatic carbocycles. The van der Waals surface area contributed by atoms with E-state index in [4.69, 9.17) is 4.74 Å². The van der Waals surface area contributed by atoms with Crippen molar-refractivity contribution in [1.82, 2.24) is 10.2 Å². The van der Waals surface area contributed by atoms with E-state index in [-0.39, 0.29) is 6.09 Å². The Labute approximate surface area is 122 Å². The van der Waals surface area contributed by atoms with Crippen LogP contribution in [0.4, 0.5) is 4.79 Å². The average Bonchev–Trinajstić information content (AvgIpc) is 2.37. The third-order valence-corrected chi connectivity index (χ3v) is 2.72. The highest BCUT2D eigenvalue weighted by molar-refractivity contribution is 5.67. The molecule has 0 fully saturated rings. The van der Waals surface area contributed by atoms with Crippen LogP contribution in [0.1, 0.15) is 32.8 Å². The largest absolute Gasteiger partial charge is 0.444 e. The molecule has 0 saturated carbocycles. The summed E-state index contributed by atoms with van der Waals surface area (Å²) >= 11 is 0. The van der Waals surface area contributed by atoms with E-state index in [1.165, 1.54) is 5.56 Å². The molecule has 0 unspecified atom stereocenters. The molecule has 1 rings (SSSR count). The van der Waals surface area contributed by atoms with Crippen molar-refractivity contribution >= 4 is 6.09 Å². The first-order valence-corrected chi connectivity index (χ1v) is 7.07. The zero-order valence-corrected chi connectivity index (χ0v) is 13.0. The van der Waals surface area contributed by atoms with Gasteiger partial charge in [-0.05, 0) is 39.3 Å². The van der Waals surface area contributed by atoms with Crippen LogP contribution in [0.2, 0.25) is 0 Å². The van der Waals surface area contributed by atoms with Gasteiger partial charge in [0.2, 0.25) is 0 Å². The molecule has 4 heteroatoms. The summed E-state index contributed by atoms with van der Waals surface area (Å²) in [5.74, 6) is 0. The van der Waals surface area contributed by atoms with E-state index in [2.05, 4.69) is 17.4 Å². The van der Waals surface area contributed by atoms with Gasteiger partial charge in [0.15, 0.2) is 0 Å². The Morgan fingerprint density at radius 1 is 1.25 bits per heavy atom. The Bertz CT molecular complexity index is 399. The molecule has 0 aliphatic carbocycles. The van der Waals surface area contributed by atoms with Gasteiger partial charge in [0.25, 0.3) is 0 Å². The van der Waals surface area contributed by atoms with E-state index in [1.54, 1.807) is 11.9 Å². The minimum Gasteiger partial charge on any atom is -0.444 e. The van der Waals surface area contributed by atoms with E-state index in [1.807, 2.05) is 39.0 Å². The van der Waals surface area contributed by atoms with Crippen molar-refractivity contribution in [3.05, 3.63) is 35.9 Å². The SMILES string of the molecule is CN(CCCNCc1ccccc1)C(=O)OC(C)(C)C. The Morgan fingerprint density at radius 3 is 2.50 bits per heavy atom. The van der Waals surface area contributed by atoms with Gasteiger partial charge in [-0.3, -0.25) is 0 Å². The van der Waals surface area contributed by atoms with Crippen molar-refractivity contribution in [2.24, 2.45) is 0 Å². The first-order chi connectivity index (χ1) is 9.38. The van der Waals surface area contributed by atoms with Crippen LogP contribution in [0.15, 0.2) is 30.3 Å². The maximum Gasteiger partial charge on any atom is 0.410 e. The molecule has 0 heterocycles. The smallest absolute Gasteiger partial charge is 0.410 e. The highest BCUT2D eigenvalue weighted by Gasteiger charge is 2.18. The summed E-state index contributed by atoms with van der Waals surface area (Å²) in [5, 5.41) is 3.37. The van der Waals surface area contributed by atoms with Crippen LogP contribution in [0, 0.1) is 0 Å². The molecule has 0 saturated heterocycles. The van der Waals surface area contributed by atoms with Gasteiger partial charge >= 0.3 is 6.09 Å². The molecular weight excluding hydrogens is 252 g/mol. The first kappa shape index (κ1) is 16.5. The molecule has 20 heavy (non-hydrogen) atoms. The molecule has 0 aromatic heterocycles. The Kier molecular flexibility index (Phi) is 6.52. The molecule has 0 bridgehead atoms. The number of amides is 1. The number of ether oxygens (including phenoxy) is 1. The zero-order valence-electron chi connectivity index (χ0n) is 13.0. The summed E-state index contributed by atoms with van der Waals surface area (Å²) in [5.41, 5.74) is 0.838. The van der Waals surface area contributed by atoms with Gasteiger partial charge in [0, 0.05) is 20.1 Å². The summed E-state index contributed by atoms with van der Waals surface area (Å²) in [7, 11) is 1.77. The number of nitrogens with one attached hydrogen (secondary N) is 1. The molecule has 0 aliphatic rings. The van der Waals surface area contributed by atoms with Crippen molar-refractivity contribution in [1.29, 1.82) is 0 Å². The van der Waals surface area contributed by atoms with Gasteiger partial charge in [-0.1, -0.05) is 30.3 Å². The van der Waals surface area contributed by atoms with E-state index in [9.17, 15) is 4.79 Å². The molecule has 1 aromatic rings. The molecule has 112 valence electrons. The van der Waals surface area contributed by atoms with Crippen molar-refractivity contribution < 1.29 is 9.53 Å². The molecular formula is C16H26N2O2. The quantitative estimate of drug-likeness (QED) is 0.813. The summed E-state index contributed by atoms with van der Waals surface area (Å²) in [4.78, 5) is 13.3. The Morgan fingerprint density at radius 2 is 1.90 bits per heavy atom. The van der Waals surface area contributed by atoms with Crippen LogP contribution >= 0.6 is 0 Å². The summed E-state index contributed by atoms with van der Waals surface area (Å²) in [6.45, 7) is 8.05. The second-order valence-electron chi connectivity index (χ2n) is 5.92. The molecule has 0 radical (unpaired) electrons. The van der Waals surface area contributed by atoms with Gasteiger partial charge in [-0.2, -0.15) is 0 Å². The van der Waals surface area contributed by atoms with Crippen LogP contribution in [0.5, 0.6) is 0 Å². The fourth-order valence-electron chi connectivity index (χ4n) is 1.70. The van der Waals surface area contributed by atoms with Crippen LogP contribution in [-0.2, 0) is 11.3 Å². The monoisotopic (exact) mass is 278 g/mol. The van der Waals surface area contributed by atoms with Gasteiger partial charge in [-0.25, -0.2) is 4.79 Å². The number of carbonyl (C=O) groups excluding carboxylic acids is 1. The summed E-state index contributed by atoms with van der Waals surface area (Å²) in [6, 6.07) is 10.3. The molecule has 0 aliphatic heterocycles. The highest BCUT2D eigenvalue weighted by atomic mass is 16.6. The Hall–Kier alpha value is -1.55.